The molecule has 1 aromatic carbocycles. The van der Waals surface area contributed by atoms with Gasteiger partial charge in [0.25, 0.3) is 5.91 Å². The van der Waals surface area contributed by atoms with Gasteiger partial charge < -0.3 is 5.32 Å². The molecule has 1 rings (SSSR count). The summed E-state index contributed by atoms with van der Waals surface area (Å²) in [6, 6.07) is 1.62. The van der Waals surface area contributed by atoms with E-state index in [1.807, 2.05) is 0 Å². The van der Waals surface area contributed by atoms with Crippen molar-refractivity contribution in [1.29, 1.82) is 0 Å². The SMILES string of the molecule is C#CCCCCNC(=O)c1ccc(F)c(F)c1F. The molecule has 0 fully saturated rings. The summed E-state index contributed by atoms with van der Waals surface area (Å²) < 4.78 is 38.8. The summed E-state index contributed by atoms with van der Waals surface area (Å²) in [4.78, 5) is 11.5. The molecule has 1 aromatic rings. The van der Waals surface area contributed by atoms with E-state index in [2.05, 4.69) is 11.2 Å². The molecule has 2 nitrogen and oxygen atoms in total. The number of unbranched alkanes of at least 4 members (excludes halogenated alkanes) is 2. The fourth-order valence-corrected chi connectivity index (χ4v) is 1.35. The minimum absolute atomic E-state index is 0.305. The molecule has 0 spiro atoms. The van der Waals surface area contributed by atoms with Crippen LogP contribution >= 0.6 is 0 Å². The predicted molar refractivity (Wildman–Crippen MR) is 61.3 cm³/mol. The van der Waals surface area contributed by atoms with Crippen LogP contribution in [0.15, 0.2) is 12.1 Å². The maximum atomic E-state index is 13.2. The Kier molecular flexibility index (Phi) is 5.25. The number of rotatable bonds is 5. The lowest BCUT2D eigenvalue weighted by atomic mass is 10.1. The van der Waals surface area contributed by atoms with Gasteiger partial charge in [-0.15, -0.1) is 12.3 Å². The Morgan fingerprint density at radius 2 is 1.94 bits per heavy atom. The van der Waals surface area contributed by atoms with Gasteiger partial charge in [-0.2, -0.15) is 0 Å². The summed E-state index contributed by atoms with van der Waals surface area (Å²) >= 11 is 0. The van der Waals surface area contributed by atoms with Crippen molar-refractivity contribution in [2.45, 2.75) is 19.3 Å². The van der Waals surface area contributed by atoms with E-state index in [1.165, 1.54) is 0 Å². The minimum atomic E-state index is -1.64. The average molecular weight is 255 g/mol. The highest BCUT2D eigenvalue weighted by Crippen LogP contribution is 2.14. The lowest BCUT2D eigenvalue weighted by Gasteiger charge is -2.06. The van der Waals surface area contributed by atoms with Crippen molar-refractivity contribution in [3.8, 4) is 12.3 Å². The number of nitrogens with one attached hydrogen (secondary N) is 1. The first-order chi connectivity index (χ1) is 8.57. The van der Waals surface area contributed by atoms with Gasteiger partial charge in [0.1, 0.15) is 0 Å². The topological polar surface area (TPSA) is 29.1 Å². The Labute approximate surface area is 103 Å². The maximum absolute atomic E-state index is 13.2. The third-order valence-electron chi connectivity index (χ3n) is 2.31. The number of hydrogen-bond donors (Lipinski definition) is 1. The number of hydrogen-bond acceptors (Lipinski definition) is 1. The number of terminal acetylenes is 1. The molecule has 0 bridgehead atoms. The summed E-state index contributed by atoms with van der Waals surface area (Å²) in [7, 11) is 0. The zero-order valence-corrected chi connectivity index (χ0v) is 9.60. The van der Waals surface area contributed by atoms with Gasteiger partial charge in [0.05, 0.1) is 5.56 Å². The van der Waals surface area contributed by atoms with E-state index in [9.17, 15) is 18.0 Å². The third-order valence-corrected chi connectivity index (χ3v) is 2.31. The van der Waals surface area contributed by atoms with Gasteiger partial charge in [0.2, 0.25) is 0 Å². The van der Waals surface area contributed by atoms with Crippen LogP contribution in [0.2, 0.25) is 0 Å². The smallest absolute Gasteiger partial charge is 0.254 e. The highest BCUT2D eigenvalue weighted by molar-refractivity contribution is 5.94. The van der Waals surface area contributed by atoms with Crippen LogP contribution in [0.5, 0.6) is 0 Å². The average Bonchev–Trinajstić information content (AvgIpc) is 2.35. The molecular weight excluding hydrogens is 243 g/mol. The van der Waals surface area contributed by atoms with E-state index < -0.39 is 28.9 Å². The Morgan fingerprint density at radius 1 is 1.22 bits per heavy atom. The summed E-state index contributed by atoms with van der Waals surface area (Å²) in [5.41, 5.74) is -0.508. The van der Waals surface area contributed by atoms with E-state index in [4.69, 9.17) is 6.42 Å². The van der Waals surface area contributed by atoms with Gasteiger partial charge in [0.15, 0.2) is 17.5 Å². The van der Waals surface area contributed by atoms with Crippen LogP contribution in [0.1, 0.15) is 29.6 Å². The number of carbonyl (C=O) groups is 1. The van der Waals surface area contributed by atoms with Crippen LogP contribution < -0.4 is 5.32 Å². The first kappa shape index (κ1) is 14.1. The van der Waals surface area contributed by atoms with Gasteiger partial charge in [-0.05, 0) is 25.0 Å². The van der Waals surface area contributed by atoms with Crippen molar-refractivity contribution in [2.24, 2.45) is 0 Å². The molecular formula is C13H12F3NO. The predicted octanol–water partition coefficient (Wildman–Crippen LogP) is 2.64. The van der Waals surface area contributed by atoms with Crippen LogP contribution in [0.3, 0.4) is 0 Å². The molecule has 0 saturated heterocycles. The fraction of sp³-hybridized carbons (Fsp3) is 0.308. The van der Waals surface area contributed by atoms with Gasteiger partial charge >= 0.3 is 0 Å². The van der Waals surface area contributed by atoms with Crippen molar-refractivity contribution >= 4 is 5.91 Å². The lowest BCUT2D eigenvalue weighted by Crippen LogP contribution is -2.25. The zero-order chi connectivity index (χ0) is 13.5. The molecule has 96 valence electrons. The van der Waals surface area contributed by atoms with Crippen molar-refractivity contribution in [2.75, 3.05) is 6.54 Å². The molecule has 0 unspecified atom stereocenters. The highest BCUT2D eigenvalue weighted by Gasteiger charge is 2.18. The monoisotopic (exact) mass is 255 g/mol. The minimum Gasteiger partial charge on any atom is -0.352 e. The highest BCUT2D eigenvalue weighted by atomic mass is 19.2. The third kappa shape index (κ3) is 3.52. The number of amides is 1. The molecule has 0 radical (unpaired) electrons. The second-order valence-electron chi connectivity index (χ2n) is 3.64. The zero-order valence-electron chi connectivity index (χ0n) is 9.60. The Hall–Kier alpha value is -1.96. The van der Waals surface area contributed by atoms with E-state index >= 15 is 0 Å². The Morgan fingerprint density at radius 3 is 2.61 bits per heavy atom. The fourth-order valence-electron chi connectivity index (χ4n) is 1.35. The van der Waals surface area contributed by atoms with E-state index in [1.54, 1.807) is 0 Å². The first-order valence-electron chi connectivity index (χ1n) is 5.43. The van der Waals surface area contributed by atoms with E-state index in [0.29, 0.717) is 25.5 Å². The van der Waals surface area contributed by atoms with Crippen molar-refractivity contribution < 1.29 is 18.0 Å². The Balaban J connectivity index is 2.58. The van der Waals surface area contributed by atoms with Crippen LogP contribution in [0, 0.1) is 29.8 Å². The van der Waals surface area contributed by atoms with Crippen molar-refractivity contribution in [1.82, 2.24) is 5.32 Å². The summed E-state index contributed by atoms with van der Waals surface area (Å²) in [5, 5.41) is 2.41. The summed E-state index contributed by atoms with van der Waals surface area (Å²) in [6.07, 6.45) is 7.01. The molecule has 0 aliphatic heterocycles. The van der Waals surface area contributed by atoms with Crippen molar-refractivity contribution in [3.05, 3.63) is 35.1 Å². The van der Waals surface area contributed by atoms with Gasteiger partial charge in [-0.1, -0.05) is 0 Å². The number of halogens is 3. The molecule has 0 saturated carbocycles. The van der Waals surface area contributed by atoms with Crippen molar-refractivity contribution in [3.63, 3.8) is 0 Å². The number of carbonyl (C=O) groups excluding carboxylic acids is 1. The quantitative estimate of drug-likeness (QED) is 0.489. The summed E-state index contributed by atoms with van der Waals surface area (Å²) in [6.45, 7) is 0.305. The van der Waals surface area contributed by atoms with Crippen LogP contribution in [-0.4, -0.2) is 12.5 Å². The number of benzene rings is 1. The normalized spacial score (nSPS) is 9.89. The molecule has 18 heavy (non-hydrogen) atoms. The molecule has 0 atom stereocenters. The molecule has 1 amide bonds. The maximum Gasteiger partial charge on any atom is 0.254 e. The molecule has 0 aliphatic carbocycles. The molecule has 0 aromatic heterocycles. The van der Waals surface area contributed by atoms with Gasteiger partial charge in [0, 0.05) is 13.0 Å². The Bertz CT molecular complexity index is 480. The standard InChI is InChI=1S/C13H12F3NO/c1-2-3-4-5-8-17-13(18)9-6-7-10(14)12(16)11(9)15/h1,6-7H,3-5,8H2,(H,17,18). The molecule has 0 aliphatic rings. The van der Waals surface area contributed by atoms with Gasteiger partial charge in [-0.3, -0.25) is 4.79 Å². The lowest BCUT2D eigenvalue weighted by molar-refractivity contribution is 0.0947. The molecule has 0 heterocycles. The van der Waals surface area contributed by atoms with E-state index in [0.717, 1.165) is 12.5 Å². The second kappa shape index (κ2) is 6.70. The molecule has 5 heteroatoms. The van der Waals surface area contributed by atoms with E-state index in [-0.39, 0.29) is 0 Å². The van der Waals surface area contributed by atoms with Gasteiger partial charge in [-0.25, -0.2) is 13.2 Å². The first-order valence-corrected chi connectivity index (χ1v) is 5.43. The van der Waals surface area contributed by atoms with Crippen LogP contribution in [0.4, 0.5) is 13.2 Å². The summed E-state index contributed by atoms with van der Waals surface area (Å²) in [5.74, 6) is -2.77. The second-order valence-corrected chi connectivity index (χ2v) is 3.64. The van der Waals surface area contributed by atoms with Crippen LogP contribution in [0.25, 0.3) is 0 Å². The van der Waals surface area contributed by atoms with Crippen LogP contribution in [-0.2, 0) is 0 Å². The molecule has 1 N–H and O–H groups in total. The largest absolute Gasteiger partial charge is 0.352 e.